The van der Waals surface area contributed by atoms with Gasteiger partial charge in [0.2, 0.25) is 0 Å². The van der Waals surface area contributed by atoms with Crippen LogP contribution >= 0.6 is 0 Å². The lowest BCUT2D eigenvalue weighted by Crippen LogP contribution is -2.61. The smallest absolute Gasteiger partial charge is 0.408 e. The molecular formula is C26H40N2O5. The molecule has 7 heteroatoms. The fourth-order valence-electron chi connectivity index (χ4n) is 3.55. The van der Waals surface area contributed by atoms with Crippen molar-refractivity contribution in [3.63, 3.8) is 0 Å². The Balaban J connectivity index is 2.05. The first-order valence-corrected chi connectivity index (χ1v) is 11.9. The lowest BCUT2D eigenvalue weighted by molar-refractivity contribution is -0.271. The van der Waals surface area contributed by atoms with Crippen LogP contribution < -0.4 is 10.1 Å². The van der Waals surface area contributed by atoms with E-state index in [-0.39, 0.29) is 0 Å². The van der Waals surface area contributed by atoms with E-state index in [9.17, 15) is 10.1 Å². The molecule has 0 aromatic heterocycles. The van der Waals surface area contributed by atoms with E-state index < -0.39 is 23.0 Å². The number of amides is 1. The van der Waals surface area contributed by atoms with Crippen LogP contribution in [0.25, 0.3) is 0 Å². The first-order chi connectivity index (χ1) is 15.5. The van der Waals surface area contributed by atoms with Gasteiger partial charge in [0.25, 0.3) is 0 Å². The molecule has 1 heterocycles. The molecule has 33 heavy (non-hydrogen) atoms. The van der Waals surface area contributed by atoms with E-state index in [1.807, 2.05) is 52.8 Å². The summed E-state index contributed by atoms with van der Waals surface area (Å²) in [5.74, 6) is -0.0890. The van der Waals surface area contributed by atoms with Crippen LogP contribution in [0.1, 0.15) is 84.8 Å². The van der Waals surface area contributed by atoms with Crippen molar-refractivity contribution in [3.05, 3.63) is 29.3 Å². The highest BCUT2D eigenvalue weighted by Gasteiger charge is 2.42. The summed E-state index contributed by atoms with van der Waals surface area (Å²) in [5, 5.41) is 12.6. The Kier molecular flexibility index (Phi) is 9.57. The van der Waals surface area contributed by atoms with Crippen molar-refractivity contribution in [2.75, 3.05) is 19.8 Å². The van der Waals surface area contributed by atoms with Gasteiger partial charge in [0.1, 0.15) is 17.4 Å². The first-order valence-electron chi connectivity index (χ1n) is 11.9. The maximum Gasteiger partial charge on any atom is 0.408 e. The Morgan fingerprint density at radius 1 is 1.18 bits per heavy atom. The SMILES string of the molecule is CCCCCCOc1ccc(CCC2(NC(=O)OC(C)(C)C)COC(C)(C)OC2)cc1C#N. The molecule has 0 radical (unpaired) electrons. The summed E-state index contributed by atoms with van der Waals surface area (Å²) in [6.07, 6.45) is 5.19. The number of unbranched alkanes of at least 4 members (excludes halogenated alkanes) is 3. The van der Waals surface area contributed by atoms with Gasteiger partial charge in [0, 0.05) is 0 Å². The van der Waals surface area contributed by atoms with Gasteiger partial charge in [0.15, 0.2) is 5.79 Å². The van der Waals surface area contributed by atoms with Crippen molar-refractivity contribution in [1.29, 1.82) is 5.26 Å². The monoisotopic (exact) mass is 460 g/mol. The van der Waals surface area contributed by atoms with Crippen LogP contribution in [-0.2, 0) is 20.6 Å². The normalized spacial score (nSPS) is 17.1. The molecule has 2 rings (SSSR count). The summed E-state index contributed by atoms with van der Waals surface area (Å²) in [6.45, 7) is 12.6. The van der Waals surface area contributed by atoms with Gasteiger partial charge in [-0.05, 0) is 71.6 Å². The maximum atomic E-state index is 12.5. The van der Waals surface area contributed by atoms with Crippen LogP contribution in [0.2, 0.25) is 0 Å². The molecule has 0 saturated carbocycles. The van der Waals surface area contributed by atoms with Gasteiger partial charge in [-0.15, -0.1) is 0 Å². The minimum Gasteiger partial charge on any atom is -0.492 e. The number of hydrogen-bond donors (Lipinski definition) is 1. The third kappa shape index (κ3) is 9.23. The van der Waals surface area contributed by atoms with Gasteiger partial charge in [-0.1, -0.05) is 32.3 Å². The first kappa shape index (κ1) is 26.9. The lowest BCUT2D eigenvalue weighted by atomic mass is 9.91. The highest BCUT2D eigenvalue weighted by molar-refractivity contribution is 5.69. The van der Waals surface area contributed by atoms with E-state index in [2.05, 4.69) is 18.3 Å². The predicted molar refractivity (Wildman–Crippen MR) is 127 cm³/mol. The molecule has 1 aromatic rings. The van der Waals surface area contributed by atoms with Crippen molar-refractivity contribution >= 4 is 6.09 Å². The zero-order valence-electron chi connectivity index (χ0n) is 21.1. The Morgan fingerprint density at radius 2 is 1.88 bits per heavy atom. The van der Waals surface area contributed by atoms with Crippen molar-refractivity contribution in [3.8, 4) is 11.8 Å². The summed E-state index contributed by atoms with van der Waals surface area (Å²) >= 11 is 0. The van der Waals surface area contributed by atoms with E-state index >= 15 is 0 Å². The van der Waals surface area contributed by atoms with Crippen molar-refractivity contribution in [2.24, 2.45) is 0 Å². The molecule has 0 unspecified atom stereocenters. The number of carbonyl (C=O) groups is 1. The number of rotatable bonds is 10. The molecule has 0 spiro atoms. The highest BCUT2D eigenvalue weighted by atomic mass is 16.7. The lowest BCUT2D eigenvalue weighted by Gasteiger charge is -2.44. The van der Waals surface area contributed by atoms with E-state index in [1.165, 1.54) is 12.8 Å². The molecule has 184 valence electrons. The van der Waals surface area contributed by atoms with Crippen LogP contribution in [0, 0.1) is 11.3 Å². The molecule has 1 saturated heterocycles. The fraction of sp³-hybridized carbons (Fsp3) is 0.692. The zero-order valence-corrected chi connectivity index (χ0v) is 21.1. The van der Waals surface area contributed by atoms with Gasteiger partial charge in [-0.3, -0.25) is 0 Å². The van der Waals surface area contributed by atoms with Crippen LogP contribution in [0.15, 0.2) is 18.2 Å². The minimum atomic E-state index is -0.723. The summed E-state index contributed by atoms with van der Waals surface area (Å²) in [7, 11) is 0. The Morgan fingerprint density at radius 3 is 2.48 bits per heavy atom. The summed E-state index contributed by atoms with van der Waals surface area (Å²) in [4.78, 5) is 12.5. The number of benzene rings is 1. The topological polar surface area (TPSA) is 89.8 Å². The van der Waals surface area contributed by atoms with Crippen molar-refractivity contribution in [1.82, 2.24) is 5.32 Å². The third-order valence-corrected chi connectivity index (χ3v) is 5.47. The molecule has 0 bridgehead atoms. The predicted octanol–water partition coefficient (Wildman–Crippen LogP) is 5.50. The number of nitriles is 1. The third-order valence-electron chi connectivity index (χ3n) is 5.47. The second-order valence-electron chi connectivity index (χ2n) is 10.2. The fourth-order valence-corrected chi connectivity index (χ4v) is 3.55. The van der Waals surface area contributed by atoms with Crippen LogP contribution in [0.5, 0.6) is 5.75 Å². The average molecular weight is 461 g/mol. The number of ether oxygens (including phenoxy) is 4. The molecule has 1 aliphatic heterocycles. The van der Waals surface area contributed by atoms with Gasteiger partial charge < -0.3 is 24.3 Å². The second kappa shape index (κ2) is 11.7. The molecule has 7 nitrogen and oxygen atoms in total. The van der Waals surface area contributed by atoms with E-state index in [0.29, 0.717) is 44.0 Å². The number of carbonyl (C=O) groups excluding carboxylic acids is 1. The van der Waals surface area contributed by atoms with Crippen LogP contribution in [-0.4, -0.2) is 42.8 Å². The quantitative estimate of drug-likeness (QED) is 0.464. The van der Waals surface area contributed by atoms with E-state index in [0.717, 1.165) is 18.4 Å². The van der Waals surface area contributed by atoms with E-state index in [4.69, 9.17) is 18.9 Å². The molecule has 0 atom stereocenters. The Hall–Kier alpha value is -2.30. The van der Waals surface area contributed by atoms with Crippen molar-refractivity contribution < 1.29 is 23.7 Å². The maximum absolute atomic E-state index is 12.5. The molecule has 1 amide bonds. The summed E-state index contributed by atoms with van der Waals surface area (Å²) in [5.41, 5.74) is 0.184. The molecule has 1 aromatic carbocycles. The zero-order chi connectivity index (χ0) is 24.5. The van der Waals surface area contributed by atoms with Crippen LogP contribution in [0.3, 0.4) is 0 Å². The molecule has 0 aliphatic carbocycles. The Bertz CT molecular complexity index is 813. The Labute approximate surface area is 198 Å². The van der Waals surface area contributed by atoms with E-state index in [1.54, 1.807) is 0 Å². The standard InChI is InChI=1S/C26H40N2O5/c1-7-8-9-10-15-30-22-12-11-20(16-21(22)17-27)13-14-26(18-31-25(5,6)32-19-26)28-23(29)33-24(2,3)4/h11-12,16H,7-10,13-15,18-19H2,1-6H3,(H,28,29). The molecular weight excluding hydrogens is 420 g/mol. The molecule has 1 aliphatic rings. The molecule has 1 fully saturated rings. The largest absolute Gasteiger partial charge is 0.492 e. The van der Waals surface area contributed by atoms with Gasteiger partial charge in [-0.2, -0.15) is 5.26 Å². The minimum absolute atomic E-state index is 0.309. The van der Waals surface area contributed by atoms with Gasteiger partial charge >= 0.3 is 6.09 Å². The van der Waals surface area contributed by atoms with Gasteiger partial charge in [-0.25, -0.2) is 4.79 Å². The number of aryl methyl sites for hydroxylation is 1. The van der Waals surface area contributed by atoms with Gasteiger partial charge in [0.05, 0.1) is 30.9 Å². The summed E-state index contributed by atoms with van der Waals surface area (Å²) in [6, 6.07) is 7.93. The average Bonchev–Trinajstić information content (AvgIpc) is 2.73. The number of nitrogens with zero attached hydrogens (tertiary/aromatic N) is 1. The number of alkyl carbamates (subject to hydrolysis) is 1. The highest BCUT2D eigenvalue weighted by Crippen LogP contribution is 2.29. The van der Waals surface area contributed by atoms with Crippen molar-refractivity contribution in [2.45, 2.75) is 97.0 Å². The second-order valence-corrected chi connectivity index (χ2v) is 10.2. The summed E-state index contributed by atoms with van der Waals surface area (Å²) < 4.78 is 23.0. The number of hydrogen-bond acceptors (Lipinski definition) is 6. The van der Waals surface area contributed by atoms with Crippen LogP contribution in [0.4, 0.5) is 4.79 Å². The number of nitrogens with one attached hydrogen (secondary N) is 1. The molecule has 1 N–H and O–H groups in total.